The van der Waals surface area contributed by atoms with E-state index in [-0.39, 0.29) is 0 Å². The SMILES string of the molecule is O=Nc1c[nH+]c(Sc2nc3c([nH]2)=CCCN=3)s1. The Hall–Kier alpha value is -1.54. The molecule has 3 rings (SSSR count). The highest BCUT2D eigenvalue weighted by Gasteiger charge is 2.13. The van der Waals surface area contributed by atoms with Crippen LogP contribution in [0.5, 0.6) is 0 Å². The summed E-state index contributed by atoms with van der Waals surface area (Å²) in [4.78, 5) is 25.2. The van der Waals surface area contributed by atoms with Gasteiger partial charge in [0.2, 0.25) is 11.2 Å². The molecule has 0 radical (unpaired) electrons. The van der Waals surface area contributed by atoms with Crippen molar-refractivity contribution in [3.05, 3.63) is 21.9 Å². The molecule has 0 amide bonds. The molecule has 2 aromatic rings. The predicted molar refractivity (Wildman–Crippen MR) is 63.8 cm³/mol. The van der Waals surface area contributed by atoms with Gasteiger partial charge in [0.25, 0.3) is 0 Å². The summed E-state index contributed by atoms with van der Waals surface area (Å²) in [6.45, 7) is 0.798. The van der Waals surface area contributed by atoms with Gasteiger partial charge in [0.15, 0.2) is 10.6 Å². The van der Waals surface area contributed by atoms with Crippen LogP contribution in [0.2, 0.25) is 0 Å². The Kier molecular flexibility index (Phi) is 2.73. The van der Waals surface area contributed by atoms with E-state index in [9.17, 15) is 4.91 Å². The molecule has 86 valence electrons. The molecule has 0 atom stereocenters. The number of fused-ring (bicyclic) bond motifs is 1. The minimum Gasteiger partial charge on any atom is -0.331 e. The number of nitrogens with zero attached hydrogens (tertiary/aromatic N) is 3. The quantitative estimate of drug-likeness (QED) is 0.827. The van der Waals surface area contributed by atoms with Crippen molar-refractivity contribution < 1.29 is 4.98 Å². The van der Waals surface area contributed by atoms with Crippen LogP contribution in [0.1, 0.15) is 6.42 Å². The molecule has 0 aliphatic carbocycles. The van der Waals surface area contributed by atoms with Gasteiger partial charge in [0, 0.05) is 18.3 Å². The van der Waals surface area contributed by atoms with E-state index < -0.39 is 0 Å². The number of hydrogen-bond acceptors (Lipinski definition) is 6. The van der Waals surface area contributed by atoms with Crippen LogP contribution in [-0.4, -0.2) is 16.5 Å². The van der Waals surface area contributed by atoms with Gasteiger partial charge in [-0.3, -0.25) is 4.99 Å². The van der Waals surface area contributed by atoms with Gasteiger partial charge in [-0.1, -0.05) is 6.08 Å². The van der Waals surface area contributed by atoms with Crippen molar-refractivity contribution in [2.45, 2.75) is 15.9 Å². The molecule has 1 aliphatic rings. The summed E-state index contributed by atoms with van der Waals surface area (Å²) in [7, 11) is 0. The van der Waals surface area contributed by atoms with Gasteiger partial charge in [-0.05, 0) is 22.9 Å². The van der Waals surface area contributed by atoms with Crippen LogP contribution in [0.15, 0.2) is 25.9 Å². The number of H-pyrrole nitrogens is 2. The van der Waals surface area contributed by atoms with Gasteiger partial charge in [0.05, 0.1) is 5.35 Å². The van der Waals surface area contributed by atoms with E-state index in [1.807, 2.05) is 0 Å². The number of hydrogen-bond donors (Lipinski definition) is 1. The third kappa shape index (κ3) is 2.13. The van der Waals surface area contributed by atoms with Crippen LogP contribution in [0.4, 0.5) is 5.00 Å². The zero-order valence-corrected chi connectivity index (χ0v) is 10.3. The van der Waals surface area contributed by atoms with Crippen molar-refractivity contribution in [3.63, 3.8) is 0 Å². The van der Waals surface area contributed by atoms with E-state index in [1.54, 1.807) is 6.20 Å². The number of aromatic amines is 2. The largest absolute Gasteiger partial charge is 0.331 e. The third-order valence-corrected chi connectivity index (χ3v) is 4.11. The lowest BCUT2D eigenvalue weighted by Crippen LogP contribution is -2.27. The second kappa shape index (κ2) is 4.38. The zero-order valence-electron chi connectivity index (χ0n) is 8.64. The van der Waals surface area contributed by atoms with Crippen molar-refractivity contribution in [1.29, 1.82) is 0 Å². The lowest BCUT2D eigenvalue weighted by atomic mass is 10.3. The van der Waals surface area contributed by atoms with Crippen molar-refractivity contribution in [2.75, 3.05) is 6.54 Å². The topological polar surface area (TPSA) is 84.6 Å². The maximum Gasteiger partial charge on any atom is 0.305 e. The van der Waals surface area contributed by atoms with E-state index in [2.05, 4.69) is 31.2 Å². The molecule has 0 aromatic carbocycles. The minimum atomic E-state index is 0.431. The Bertz CT molecular complexity index is 640. The number of nitrogens with one attached hydrogen (secondary N) is 2. The number of aromatic nitrogens is 3. The molecule has 17 heavy (non-hydrogen) atoms. The first kappa shape index (κ1) is 10.6. The van der Waals surface area contributed by atoms with Crippen molar-refractivity contribution >= 4 is 34.2 Å². The molecule has 2 N–H and O–H groups in total. The van der Waals surface area contributed by atoms with Crippen molar-refractivity contribution in [1.82, 2.24) is 9.97 Å². The Morgan fingerprint density at radius 3 is 3.29 bits per heavy atom. The highest BCUT2D eigenvalue weighted by molar-refractivity contribution is 8.00. The molecule has 0 saturated carbocycles. The molecule has 2 aromatic heterocycles. The maximum absolute atomic E-state index is 10.3. The monoisotopic (exact) mass is 266 g/mol. The molecule has 3 heterocycles. The van der Waals surface area contributed by atoms with Crippen LogP contribution in [0.3, 0.4) is 0 Å². The normalized spacial score (nSPS) is 13.6. The van der Waals surface area contributed by atoms with Gasteiger partial charge in [-0.2, -0.15) is 4.98 Å². The highest BCUT2D eigenvalue weighted by Crippen LogP contribution is 2.29. The number of thiazole rings is 1. The highest BCUT2D eigenvalue weighted by atomic mass is 32.2. The average molecular weight is 266 g/mol. The van der Waals surface area contributed by atoms with Crippen LogP contribution in [0, 0.1) is 4.91 Å². The smallest absolute Gasteiger partial charge is 0.305 e. The first-order chi connectivity index (χ1) is 8.35. The van der Waals surface area contributed by atoms with E-state index in [4.69, 9.17) is 0 Å². The Balaban J connectivity index is 1.91. The first-order valence-corrected chi connectivity index (χ1v) is 6.62. The molecule has 0 unspecified atom stereocenters. The second-order valence-corrected chi connectivity index (χ2v) is 5.65. The predicted octanol–water partition coefficient (Wildman–Crippen LogP) is 0.638. The van der Waals surface area contributed by atoms with E-state index in [0.717, 1.165) is 33.3 Å². The summed E-state index contributed by atoms with van der Waals surface area (Å²) in [5, 5.41) is 5.04. The lowest BCUT2D eigenvalue weighted by Gasteiger charge is -1.89. The molecule has 0 fully saturated rings. The molecular weight excluding hydrogens is 258 g/mol. The Labute approximate surface area is 104 Å². The first-order valence-electron chi connectivity index (χ1n) is 4.98. The fourth-order valence-electron chi connectivity index (χ4n) is 1.50. The molecule has 6 nitrogen and oxygen atoms in total. The number of rotatable bonds is 3. The molecule has 0 saturated heterocycles. The molecule has 0 bridgehead atoms. The summed E-state index contributed by atoms with van der Waals surface area (Å²) in [6, 6.07) is 0. The third-order valence-electron chi connectivity index (χ3n) is 2.22. The zero-order chi connectivity index (χ0) is 11.7. The number of nitroso groups, excluding NO2 is 1. The standard InChI is InChI=1S/C9H7N5OS2/c15-14-6-4-11-9(16-6)17-8-12-5-2-1-3-10-7(5)13-8/h2,4H,1,3H2,(H,10,12,13)/p+1. The summed E-state index contributed by atoms with van der Waals surface area (Å²) < 4.78 is 0.866. The Morgan fingerprint density at radius 2 is 2.53 bits per heavy atom. The fraction of sp³-hybridized carbons (Fsp3) is 0.222. The molecule has 1 aliphatic heterocycles. The molecule has 0 spiro atoms. The summed E-state index contributed by atoms with van der Waals surface area (Å²) in [5.74, 6) is 0. The average Bonchev–Trinajstić information content (AvgIpc) is 2.94. The van der Waals surface area contributed by atoms with Gasteiger partial charge >= 0.3 is 4.34 Å². The summed E-state index contributed by atoms with van der Waals surface area (Å²) in [5.41, 5.74) is 0.768. The summed E-state index contributed by atoms with van der Waals surface area (Å²) in [6.07, 6.45) is 4.62. The number of imidazole rings is 1. The summed E-state index contributed by atoms with van der Waals surface area (Å²) >= 11 is 2.74. The van der Waals surface area contributed by atoms with E-state index in [1.165, 1.54) is 23.1 Å². The van der Waals surface area contributed by atoms with E-state index >= 15 is 0 Å². The Morgan fingerprint density at radius 1 is 1.59 bits per heavy atom. The van der Waals surface area contributed by atoms with Gasteiger partial charge in [-0.15, -0.1) is 4.91 Å². The van der Waals surface area contributed by atoms with Crippen LogP contribution in [0.25, 0.3) is 6.08 Å². The maximum atomic E-state index is 10.3. The van der Waals surface area contributed by atoms with Crippen LogP contribution < -0.4 is 15.8 Å². The van der Waals surface area contributed by atoms with Gasteiger partial charge < -0.3 is 4.98 Å². The fourth-order valence-corrected chi connectivity index (χ4v) is 3.21. The van der Waals surface area contributed by atoms with Crippen LogP contribution in [-0.2, 0) is 0 Å². The van der Waals surface area contributed by atoms with Gasteiger partial charge in [-0.25, -0.2) is 4.98 Å². The van der Waals surface area contributed by atoms with Crippen molar-refractivity contribution in [2.24, 2.45) is 10.2 Å². The van der Waals surface area contributed by atoms with E-state index in [0.29, 0.717) is 5.00 Å². The van der Waals surface area contributed by atoms with Gasteiger partial charge in [0.1, 0.15) is 0 Å². The second-order valence-electron chi connectivity index (χ2n) is 3.36. The molecule has 8 heteroatoms. The molecular formula is C9H8N5OS2+. The van der Waals surface area contributed by atoms with Crippen LogP contribution >= 0.6 is 23.1 Å². The lowest BCUT2D eigenvalue weighted by molar-refractivity contribution is -0.415. The van der Waals surface area contributed by atoms with Crippen molar-refractivity contribution in [3.8, 4) is 0 Å². The minimum absolute atomic E-state index is 0.431.